The van der Waals surface area contributed by atoms with Crippen LogP contribution in [0, 0.1) is 0 Å². The van der Waals surface area contributed by atoms with E-state index in [2.05, 4.69) is 0 Å². The molecule has 0 amide bonds. The normalized spacial score (nSPS) is 7.25. The molecule has 0 saturated heterocycles. The van der Waals surface area contributed by atoms with E-state index in [0.717, 1.165) is 0 Å². The molecule has 0 radical (unpaired) electrons. The molecular formula is H4NiO6S. The molecule has 0 fully saturated rings. The Morgan fingerprint density at radius 1 is 1.00 bits per heavy atom. The van der Waals surface area contributed by atoms with Gasteiger partial charge in [0.05, 0.1) is 0 Å². The third-order valence-corrected chi connectivity index (χ3v) is 0. The van der Waals surface area contributed by atoms with Crippen LogP contribution in [0.25, 0.3) is 0 Å². The Balaban J connectivity index is -0.0000000267. The zero-order valence-corrected chi connectivity index (χ0v) is 5.16. The maximum absolute atomic E-state index is 8.52. The molecule has 0 aromatic rings. The van der Waals surface area contributed by atoms with Gasteiger partial charge in [-0.3, -0.25) is 8.42 Å². The van der Waals surface area contributed by atoms with Crippen molar-refractivity contribution in [2.45, 2.75) is 0 Å². The van der Waals surface area contributed by atoms with Crippen LogP contribution in [0.15, 0.2) is 0 Å². The first kappa shape index (κ1) is 23.9. The smallest absolute Gasteiger partial charge is 0.759 e. The average Bonchev–Trinajstić information content (AvgIpc) is 0.722. The van der Waals surface area contributed by atoms with Gasteiger partial charge in [-0.25, -0.2) is 0 Å². The molecule has 6 nitrogen and oxygen atoms in total. The first-order valence-corrected chi connectivity index (χ1v) is 2.00. The average molecular weight is 191 g/mol. The first-order valence-electron chi connectivity index (χ1n) is 0.667. The van der Waals surface area contributed by atoms with E-state index in [0.29, 0.717) is 0 Å². The molecule has 8 heteroatoms. The number of hydrogen-bond donors (Lipinski definition) is 0. The molecule has 56 valence electrons. The SMILES string of the molecule is O.O.O=S(=O)([O-])[O-].[Ni+2]. The van der Waals surface area contributed by atoms with Crippen LogP contribution >= 0.6 is 0 Å². The van der Waals surface area contributed by atoms with Crippen LogP contribution in [0.1, 0.15) is 0 Å². The van der Waals surface area contributed by atoms with Gasteiger partial charge in [0.15, 0.2) is 0 Å². The van der Waals surface area contributed by atoms with Crippen molar-refractivity contribution < 1.29 is 45.0 Å². The second-order valence-electron chi connectivity index (χ2n) is 0.408. The van der Waals surface area contributed by atoms with E-state index in [1.165, 1.54) is 0 Å². The minimum Gasteiger partial charge on any atom is -0.759 e. The van der Waals surface area contributed by atoms with E-state index < -0.39 is 10.4 Å². The molecule has 4 N–H and O–H groups in total. The summed E-state index contributed by atoms with van der Waals surface area (Å²) in [5.41, 5.74) is 0. The summed E-state index contributed by atoms with van der Waals surface area (Å²) in [6.07, 6.45) is 0. The summed E-state index contributed by atoms with van der Waals surface area (Å²) in [5, 5.41) is 0. The fraction of sp³-hybridized carbons (Fsp3) is 0. The van der Waals surface area contributed by atoms with Crippen molar-refractivity contribution in [3.05, 3.63) is 0 Å². The van der Waals surface area contributed by atoms with Crippen molar-refractivity contribution in [2.24, 2.45) is 0 Å². The van der Waals surface area contributed by atoms with Crippen LogP contribution in [-0.4, -0.2) is 28.5 Å². The second-order valence-corrected chi connectivity index (χ2v) is 1.22. The first-order chi connectivity index (χ1) is 2.00. The Morgan fingerprint density at radius 2 is 1.00 bits per heavy atom. The summed E-state index contributed by atoms with van der Waals surface area (Å²) in [6.45, 7) is 0. The van der Waals surface area contributed by atoms with Crippen molar-refractivity contribution in [3.8, 4) is 0 Å². The Hall–Kier alpha value is 0.284. The van der Waals surface area contributed by atoms with Crippen LogP contribution in [0.4, 0.5) is 0 Å². The van der Waals surface area contributed by atoms with Gasteiger partial charge in [0.25, 0.3) is 0 Å². The summed E-state index contributed by atoms with van der Waals surface area (Å²) < 4.78 is 34.1. The topological polar surface area (TPSA) is 143 Å². The predicted molar refractivity (Wildman–Crippen MR) is 17.7 cm³/mol. The van der Waals surface area contributed by atoms with Gasteiger partial charge < -0.3 is 20.1 Å². The number of hydrogen-bond acceptors (Lipinski definition) is 4. The molecule has 0 aromatic heterocycles. The molecule has 0 rings (SSSR count). The van der Waals surface area contributed by atoms with Gasteiger partial charge in [0.1, 0.15) is 0 Å². The van der Waals surface area contributed by atoms with Crippen LogP contribution < -0.4 is 0 Å². The monoisotopic (exact) mass is 190 g/mol. The van der Waals surface area contributed by atoms with Crippen molar-refractivity contribution in [1.29, 1.82) is 0 Å². The summed E-state index contributed by atoms with van der Waals surface area (Å²) in [5.74, 6) is 0. The standard InChI is InChI=1S/Ni.H2O4S.2H2O/c;1-5(2,3)4;;/h;(H2,1,2,3,4);2*1H2/q+2;;;/p-2. The third-order valence-electron chi connectivity index (χ3n) is 0. The zero-order chi connectivity index (χ0) is 4.50. The van der Waals surface area contributed by atoms with Crippen LogP contribution in [0.5, 0.6) is 0 Å². The summed E-state index contributed by atoms with van der Waals surface area (Å²) >= 11 is 0. The van der Waals surface area contributed by atoms with Crippen LogP contribution in [-0.2, 0) is 26.9 Å². The summed E-state index contributed by atoms with van der Waals surface area (Å²) in [7, 11) is -5.17. The van der Waals surface area contributed by atoms with E-state index in [1.54, 1.807) is 0 Å². The molecule has 0 heterocycles. The van der Waals surface area contributed by atoms with Gasteiger partial charge in [-0.05, 0) is 0 Å². The quantitative estimate of drug-likeness (QED) is 0.228. The maximum atomic E-state index is 8.52. The largest absolute Gasteiger partial charge is 2.00 e. The van der Waals surface area contributed by atoms with Gasteiger partial charge >= 0.3 is 16.5 Å². The molecule has 0 unspecified atom stereocenters. The van der Waals surface area contributed by atoms with Gasteiger partial charge in [0, 0.05) is 10.4 Å². The number of rotatable bonds is 0. The fourth-order valence-electron chi connectivity index (χ4n) is 0. The Bertz CT molecular complexity index is 91.7. The van der Waals surface area contributed by atoms with Crippen LogP contribution in [0.3, 0.4) is 0 Å². The van der Waals surface area contributed by atoms with Gasteiger partial charge in [-0.1, -0.05) is 0 Å². The zero-order valence-electron chi connectivity index (χ0n) is 3.36. The van der Waals surface area contributed by atoms with Gasteiger partial charge in [-0.15, -0.1) is 0 Å². The predicted octanol–water partition coefficient (Wildman–Crippen LogP) is -2.99. The molecule has 0 aromatic carbocycles. The van der Waals surface area contributed by atoms with E-state index in [1.807, 2.05) is 0 Å². The van der Waals surface area contributed by atoms with E-state index in [4.69, 9.17) is 17.5 Å². The fourth-order valence-corrected chi connectivity index (χ4v) is 0. The van der Waals surface area contributed by atoms with Gasteiger partial charge in [0.2, 0.25) is 0 Å². The van der Waals surface area contributed by atoms with E-state index in [-0.39, 0.29) is 27.4 Å². The van der Waals surface area contributed by atoms with Crippen molar-refractivity contribution in [1.82, 2.24) is 0 Å². The molecule has 8 heavy (non-hydrogen) atoms. The van der Waals surface area contributed by atoms with Crippen LogP contribution in [0.2, 0.25) is 0 Å². The second kappa shape index (κ2) is 7.28. The maximum Gasteiger partial charge on any atom is 2.00 e. The molecule has 0 saturated carbocycles. The minimum atomic E-state index is -5.17. The molecule has 0 aliphatic carbocycles. The Morgan fingerprint density at radius 3 is 1.00 bits per heavy atom. The van der Waals surface area contributed by atoms with Crippen molar-refractivity contribution >= 4 is 10.4 Å². The molecule has 0 bridgehead atoms. The summed E-state index contributed by atoms with van der Waals surface area (Å²) in [6, 6.07) is 0. The Labute approximate surface area is 56.0 Å². The third kappa shape index (κ3) is 2180. The van der Waals surface area contributed by atoms with E-state index in [9.17, 15) is 0 Å². The molecule has 0 atom stereocenters. The molecule has 0 spiro atoms. The van der Waals surface area contributed by atoms with E-state index >= 15 is 0 Å². The molecular weight excluding hydrogens is 187 g/mol. The Kier molecular flexibility index (Phi) is 21.8. The summed E-state index contributed by atoms with van der Waals surface area (Å²) in [4.78, 5) is 0. The molecule has 0 aliphatic heterocycles. The van der Waals surface area contributed by atoms with Crippen molar-refractivity contribution in [3.63, 3.8) is 0 Å². The van der Waals surface area contributed by atoms with Gasteiger partial charge in [-0.2, -0.15) is 0 Å². The van der Waals surface area contributed by atoms with Crippen molar-refractivity contribution in [2.75, 3.05) is 0 Å². The molecule has 0 aliphatic rings. The minimum absolute atomic E-state index is 0.